The second-order valence-electron chi connectivity index (χ2n) is 3.49. The van der Waals surface area contributed by atoms with Crippen molar-refractivity contribution < 1.29 is 9.59 Å². The van der Waals surface area contributed by atoms with Crippen LogP contribution >= 0.6 is 11.8 Å². The molecule has 1 aliphatic heterocycles. The molecular weight excluding hydrogens is 200 g/mol. The molecule has 0 aromatic carbocycles. The fourth-order valence-corrected chi connectivity index (χ4v) is 2.15. The molecule has 0 spiro atoms. The van der Waals surface area contributed by atoms with Crippen LogP contribution in [0.5, 0.6) is 0 Å². The summed E-state index contributed by atoms with van der Waals surface area (Å²) in [5.74, 6) is 1.60. The van der Waals surface area contributed by atoms with Gasteiger partial charge in [-0.05, 0) is 6.92 Å². The Morgan fingerprint density at radius 3 is 2.50 bits per heavy atom. The van der Waals surface area contributed by atoms with Crippen molar-refractivity contribution in [1.29, 1.82) is 0 Å². The van der Waals surface area contributed by atoms with Crippen molar-refractivity contribution >= 4 is 23.6 Å². The van der Waals surface area contributed by atoms with Crippen molar-refractivity contribution in [2.45, 2.75) is 25.8 Å². The predicted octanol–water partition coefficient (Wildman–Crippen LogP) is 0.216. The molecule has 1 atom stereocenters. The Balaban J connectivity index is 2.17. The molecule has 1 fully saturated rings. The summed E-state index contributed by atoms with van der Waals surface area (Å²) >= 11 is 1.68. The summed E-state index contributed by atoms with van der Waals surface area (Å²) in [4.78, 5) is 23.7. The fourth-order valence-electron chi connectivity index (χ4n) is 1.30. The lowest BCUT2D eigenvalue weighted by Crippen LogP contribution is -2.31. The van der Waals surface area contributed by atoms with E-state index in [1.54, 1.807) is 11.8 Å². The Morgan fingerprint density at radius 2 is 2.00 bits per heavy atom. The second kappa shape index (κ2) is 5.36. The zero-order valence-corrected chi connectivity index (χ0v) is 9.18. The van der Waals surface area contributed by atoms with E-state index in [-0.39, 0.29) is 17.9 Å². The first-order valence-electron chi connectivity index (χ1n) is 4.78. The van der Waals surface area contributed by atoms with Crippen LogP contribution in [0.2, 0.25) is 0 Å². The van der Waals surface area contributed by atoms with Crippen LogP contribution in [0.1, 0.15) is 19.8 Å². The van der Waals surface area contributed by atoms with Crippen LogP contribution in [0.4, 0.5) is 0 Å². The molecule has 5 heteroatoms. The molecule has 4 nitrogen and oxygen atoms in total. The topological polar surface area (TPSA) is 63.4 Å². The van der Waals surface area contributed by atoms with E-state index in [1.165, 1.54) is 4.90 Å². The van der Waals surface area contributed by atoms with Crippen LogP contribution in [0, 0.1) is 0 Å². The third-order valence-electron chi connectivity index (χ3n) is 1.99. The highest BCUT2D eigenvalue weighted by atomic mass is 32.2. The van der Waals surface area contributed by atoms with Gasteiger partial charge in [0.2, 0.25) is 11.8 Å². The number of thioether (sulfide) groups is 1. The molecule has 1 aliphatic rings. The van der Waals surface area contributed by atoms with E-state index < -0.39 is 0 Å². The van der Waals surface area contributed by atoms with Gasteiger partial charge in [0.25, 0.3) is 0 Å². The Kier molecular flexibility index (Phi) is 4.41. The lowest BCUT2D eigenvalue weighted by atomic mass is 10.4. The lowest BCUT2D eigenvalue weighted by Gasteiger charge is -2.13. The van der Waals surface area contributed by atoms with E-state index in [0.717, 1.165) is 11.5 Å². The van der Waals surface area contributed by atoms with Crippen LogP contribution in [-0.2, 0) is 9.59 Å². The minimum absolute atomic E-state index is 0.0311. The van der Waals surface area contributed by atoms with Crippen LogP contribution in [-0.4, -0.2) is 40.8 Å². The molecule has 1 unspecified atom stereocenters. The van der Waals surface area contributed by atoms with E-state index in [4.69, 9.17) is 5.73 Å². The van der Waals surface area contributed by atoms with Gasteiger partial charge in [0.15, 0.2) is 0 Å². The molecule has 1 saturated heterocycles. The number of carbonyl (C=O) groups is 2. The number of likely N-dealkylation sites (tertiary alicyclic amines) is 1. The maximum absolute atomic E-state index is 11.2. The van der Waals surface area contributed by atoms with E-state index in [2.05, 4.69) is 0 Å². The zero-order valence-electron chi connectivity index (χ0n) is 8.36. The molecule has 1 heterocycles. The predicted molar refractivity (Wildman–Crippen MR) is 56.9 cm³/mol. The fraction of sp³-hybridized carbons (Fsp3) is 0.778. The number of nitrogens with two attached hydrogens (primary N) is 1. The van der Waals surface area contributed by atoms with Gasteiger partial charge in [0, 0.05) is 36.9 Å². The van der Waals surface area contributed by atoms with Gasteiger partial charge in [-0.1, -0.05) is 0 Å². The molecule has 0 bridgehead atoms. The quantitative estimate of drug-likeness (QED) is 0.527. The molecule has 0 saturated carbocycles. The third-order valence-corrected chi connectivity index (χ3v) is 3.23. The summed E-state index contributed by atoms with van der Waals surface area (Å²) in [6.45, 7) is 2.48. The highest BCUT2D eigenvalue weighted by Gasteiger charge is 2.27. The van der Waals surface area contributed by atoms with Gasteiger partial charge in [-0.25, -0.2) is 0 Å². The first-order chi connectivity index (χ1) is 6.61. The van der Waals surface area contributed by atoms with Crippen molar-refractivity contribution in [3.05, 3.63) is 0 Å². The maximum atomic E-state index is 11.2. The van der Waals surface area contributed by atoms with Crippen molar-refractivity contribution in [2.75, 3.05) is 18.1 Å². The molecule has 0 aliphatic carbocycles. The van der Waals surface area contributed by atoms with E-state index in [0.29, 0.717) is 19.4 Å². The number of hydrogen-bond acceptors (Lipinski definition) is 4. The summed E-state index contributed by atoms with van der Waals surface area (Å²) in [6, 6.07) is 0.171. The summed E-state index contributed by atoms with van der Waals surface area (Å²) in [6.07, 6.45) is 0.771. The summed E-state index contributed by atoms with van der Waals surface area (Å²) in [5, 5.41) is 0. The number of amides is 2. The standard InChI is InChI=1S/C9H16N2O2S/c1-7(10)6-14-5-4-11-8(12)2-3-9(11)13/h7H,2-6,10H2,1H3. The highest BCUT2D eigenvalue weighted by Crippen LogP contribution is 2.12. The van der Waals surface area contributed by atoms with Gasteiger partial charge < -0.3 is 5.73 Å². The summed E-state index contributed by atoms with van der Waals surface area (Å²) < 4.78 is 0. The number of nitrogens with zero attached hydrogens (tertiary/aromatic N) is 1. The number of hydrogen-bond donors (Lipinski definition) is 1. The average Bonchev–Trinajstić information content (AvgIpc) is 2.42. The first-order valence-corrected chi connectivity index (χ1v) is 5.93. The molecule has 0 aromatic heterocycles. The summed E-state index contributed by atoms with van der Waals surface area (Å²) in [7, 11) is 0. The van der Waals surface area contributed by atoms with Gasteiger partial charge in [0.1, 0.15) is 0 Å². The molecule has 80 valence electrons. The average molecular weight is 216 g/mol. The first kappa shape index (κ1) is 11.5. The second-order valence-corrected chi connectivity index (χ2v) is 4.64. The third kappa shape index (κ3) is 3.31. The Labute approximate surface area is 88.2 Å². The maximum Gasteiger partial charge on any atom is 0.229 e. The number of rotatable bonds is 5. The van der Waals surface area contributed by atoms with Crippen LogP contribution < -0.4 is 5.73 Å². The Hall–Kier alpha value is -0.550. The van der Waals surface area contributed by atoms with E-state index in [1.807, 2.05) is 6.92 Å². The lowest BCUT2D eigenvalue weighted by molar-refractivity contribution is -0.137. The Bertz CT molecular complexity index is 215. The van der Waals surface area contributed by atoms with Crippen molar-refractivity contribution in [1.82, 2.24) is 4.90 Å². The molecule has 2 N–H and O–H groups in total. The monoisotopic (exact) mass is 216 g/mol. The molecule has 0 radical (unpaired) electrons. The minimum atomic E-state index is -0.0311. The van der Waals surface area contributed by atoms with E-state index >= 15 is 0 Å². The van der Waals surface area contributed by atoms with Crippen molar-refractivity contribution in [3.63, 3.8) is 0 Å². The van der Waals surface area contributed by atoms with E-state index in [9.17, 15) is 9.59 Å². The number of imide groups is 1. The smallest absolute Gasteiger partial charge is 0.229 e. The zero-order chi connectivity index (χ0) is 10.6. The largest absolute Gasteiger partial charge is 0.327 e. The van der Waals surface area contributed by atoms with Crippen molar-refractivity contribution in [2.24, 2.45) is 5.73 Å². The van der Waals surface area contributed by atoms with Crippen LogP contribution in [0.25, 0.3) is 0 Å². The normalized spacial score (nSPS) is 19.1. The van der Waals surface area contributed by atoms with Crippen LogP contribution in [0.3, 0.4) is 0 Å². The van der Waals surface area contributed by atoms with Gasteiger partial charge in [-0.3, -0.25) is 14.5 Å². The Morgan fingerprint density at radius 1 is 1.43 bits per heavy atom. The molecular formula is C9H16N2O2S. The highest BCUT2D eigenvalue weighted by molar-refractivity contribution is 7.99. The van der Waals surface area contributed by atoms with Crippen molar-refractivity contribution in [3.8, 4) is 0 Å². The molecule has 2 amide bonds. The molecule has 0 aromatic rings. The van der Waals surface area contributed by atoms with Crippen LogP contribution in [0.15, 0.2) is 0 Å². The number of carbonyl (C=O) groups excluding carboxylic acids is 2. The SMILES string of the molecule is CC(N)CSCCN1C(=O)CCC1=O. The van der Waals surface area contributed by atoms with Gasteiger partial charge in [0.05, 0.1) is 0 Å². The molecule has 14 heavy (non-hydrogen) atoms. The minimum Gasteiger partial charge on any atom is -0.327 e. The molecule has 1 rings (SSSR count). The van der Waals surface area contributed by atoms with Gasteiger partial charge in [-0.15, -0.1) is 0 Å². The van der Waals surface area contributed by atoms with Gasteiger partial charge >= 0.3 is 0 Å². The van der Waals surface area contributed by atoms with Gasteiger partial charge in [-0.2, -0.15) is 11.8 Å². The summed E-state index contributed by atoms with van der Waals surface area (Å²) in [5.41, 5.74) is 5.57.